The number of hydrogen-bond acceptors (Lipinski definition) is 6. The molecule has 166 valence electrons. The Morgan fingerprint density at radius 1 is 0.969 bits per heavy atom. The number of hydrogen-bond donors (Lipinski definition) is 2. The lowest BCUT2D eigenvalue weighted by Gasteiger charge is -2.09. The van der Waals surface area contributed by atoms with Crippen LogP contribution in [0.4, 0.5) is 10.7 Å². The van der Waals surface area contributed by atoms with Gasteiger partial charge in [0.1, 0.15) is 10.6 Å². The summed E-state index contributed by atoms with van der Waals surface area (Å²) in [4.78, 5) is 37.1. The molecule has 0 fully saturated rings. The normalized spacial score (nSPS) is 10.4. The standard InChI is InChI=1S/C23H21ClN2O4S2/c1-2-30-23(29)21-18(15-8-10-16(24)11-9-15)12-32-22(21)26-20(28)14-31-13-19(27)25-17-6-4-3-5-7-17/h3-12H,2,13-14H2,1H3,(H,25,27)(H,26,28). The van der Waals surface area contributed by atoms with Gasteiger partial charge in [-0.3, -0.25) is 9.59 Å². The second kappa shape index (κ2) is 11.7. The van der Waals surface area contributed by atoms with Crippen molar-refractivity contribution in [1.82, 2.24) is 0 Å². The first-order valence-electron chi connectivity index (χ1n) is 9.75. The number of esters is 1. The molecule has 32 heavy (non-hydrogen) atoms. The van der Waals surface area contributed by atoms with Gasteiger partial charge in [-0.1, -0.05) is 41.9 Å². The number of rotatable bonds is 9. The molecule has 0 saturated carbocycles. The molecule has 3 rings (SSSR count). The molecule has 0 aliphatic heterocycles. The summed E-state index contributed by atoms with van der Waals surface area (Å²) in [6.45, 7) is 1.94. The van der Waals surface area contributed by atoms with Crippen LogP contribution in [0.15, 0.2) is 60.0 Å². The maximum absolute atomic E-state index is 12.6. The summed E-state index contributed by atoms with van der Waals surface area (Å²) in [5.41, 5.74) is 2.46. The van der Waals surface area contributed by atoms with Gasteiger partial charge < -0.3 is 15.4 Å². The summed E-state index contributed by atoms with van der Waals surface area (Å²) in [6, 6.07) is 16.2. The highest BCUT2D eigenvalue weighted by atomic mass is 35.5. The Kier molecular flexibility index (Phi) is 8.72. The maximum Gasteiger partial charge on any atom is 0.341 e. The molecule has 0 bridgehead atoms. The minimum atomic E-state index is -0.510. The molecule has 6 nitrogen and oxygen atoms in total. The Morgan fingerprint density at radius 2 is 1.62 bits per heavy atom. The lowest BCUT2D eigenvalue weighted by molar-refractivity contribution is -0.114. The first kappa shape index (κ1) is 23.8. The number of anilines is 2. The summed E-state index contributed by atoms with van der Waals surface area (Å²) >= 11 is 8.40. The monoisotopic (exact) mass is 488 g/mol. The minimum absolute atomic E-state index is 0.0681. The number of benzene rings is 2. The van der Waals surface area contributed by atoms with Gasteiger partial charge in [0.05, 0.1) is 18.1 Å². The van der Waals surface area contributed by atoms with Gasteiger partial charge in [-0.25, -0.2) is 4.79 Å². The Hall–Kier alpha value is -2.81. The molecule has 2 N–H and O–H groups in total. The summed E-state index contributed by atoms with van der Waals surface area (Å²) < 4.78 is 5.20. The van der Waals surface area contributed by atoms with Gasteiger partial charge in [0.15, 0.2) is 0 Å². The Labute approximate surface area is 199 Å². The van der Waals surface area contributed by atoms with Crippen LogP contribution < -0.4 is 10.6 Å². The predicted molar refractivity (Wildman–Crippen MR) is 132 cm³/mol. The highest BCUT2D eigenvalue weighted by Gasteiger charge is 2.23. The van der Waals surface area contributed by atoms with Crippen molar-refractivity contribution in [2.24, 2.45) is 0 Å². The zero-order chi connectivity index (χ0) is 22.9. The average Bonchev–Trinajstić information content (AvgIpc) is 3.18. The van der Waals surface area contributed by atoms with Crippen LogP contribution in [0.25, 0.3) is 11.1 Å². The van der Waals surface area contributed by atoms with Crippen molar-refractivity contribution >= 4 is 63.2 Å². The minimum Gasteiger partial charge on any atom is -0.462 e. The lowest BCUT2D eigenvalue weighted by Crippen LogP contribution is -2.19. The Balaban J connectivity index is 1.63. The van der Waals surface area contributed by atoms with Crippen LogP contribution in [0.2, 0.25) is 5.02 Å². The molecule has 0 radical (unpaired) electrons. The van der Waals surface area contributed by atoms with E-state index in [4.69, 9.17) is 16.3 Å². The van der Waals surface area contributed by atoms with Crippen LogP contribution in [-0.2, 0) is 14.3 Å². The molecule has 0 saturated heterocycles. The molecule has 1 aromatic heterocycles. The smallest absolute Gasteiger partial charge is 0.341 e. The van der Waals surface area contributed by atoms with Crippen molar-refractivity contribution in [1.29, 1.82) is 0 Å². The number of amides is 2. The Morgan fingerprint density at radius 3 is 2.28 bits per heavy atom. The molecular weight excluding hydrogens is 468 g/mol. The van der Waals surface area contributed by atoms with E-state index in [1.807, 2.05) is 18.2 Å². The van der Waals surface area contributed by atoms with Gasteiger partial charge >= 0.3 is 5.97 Å². The SMILES string of the molecule is CCOC(=O)c1c(-c2ccc(Cl)cc2)csc1NC(=O)CSCC(=O)Nc1ccccc1. The van der Waals surface area contributed by atoms with Gasteiger partial charge in [-0.2, -0.15) is 0 Å². The topological polar surface area (TPSA) is 84.5 Å². The van der Waals surface area contributed by atoms with Crippen LogP contribution in [0.5, 0.6) is 0 Å². The fraction of sp³-hybridized carbons (Fsp3) is 0.174. The van der Waals surface area contributed by atoms with Crippen LogP contribution in [0.3, 0.4) is 0 Å². The van der Waals surface area contributed by atoms with Crippen molar-refractivity contribution in [3.63, 3.8) is 0 Å². The van der Waals surface area contributed by atoms with Crippen molar-refractivity contribution in [3.8, 4) is 11.1 Å². The molecule has 3 aromatic rings. The molecule has 0 unspecified atom stereocenters. The van der Waals surface area contributed by atoms with E-state index in [9.17, 15) is 14.4 Å². The van der Waals surface area contributed by atoms with E-state index in [0.717, 1.165) is 5.56 Å². The van der Waals surface area contributed by atoms with E-state index in [1.165, 1.54) is 23.1 Å². The molecule has 1 heterocycles. The zero-order valence-corrected chi connectivity index (χ0v) is 19.6. The number of thiophene rings is 1. The molecule has 0 aliphatic rings. The van der Waals surface area contributed by atoms with E-state index >= 15 is 0 Å². The summed E-state index contributed by atoms with van der Waals surface area (Å²) in [6.07, 6.45) is 0. The summed E-state index contributed by atoms with van der Waals surface area (Å²) in [5.74, 6) is -0.810. The number of para-hydroxylation sites is 1. The predicted octanol–water partition coefficient (Wildman–Crippen LogP) is 5.56. The van der Waals surface area contributed by atoms with Crippen molar-refractivity contribution in [3.05, 3.63) is 70.6 Å². The van der Waals surface area contributed by atoms with Crippen molar-refractivity contribution in [2.75, 3.05) is 28.7 Å². The number of carbonyl (C=O) groups is 3. The fourth-order valence-corrected chi connectivity index (χ4v) is 4.53. The second-order valence-electron chi connectivity index (χ2n) is 6.54. The lowest BCUT2D eigenvalue weighted by atomic mass is 10.0. The number of ether oxygens (including phenoxy) is 1. The van der Waals surface area contributed by atoms with Gasteiger partial charge in [-0.15, -0.1) is 23.1 Å². The summed E-state index contributed by atoms with van der Waals surface area (Å²) in [5, 5.41) is 8.34. The van der Waals surface area contributed by atoms with Gasteiger partial charge in [0, 0.05) is 21.7 Å². The van der Waals surface area contributed by atoms with Gasteiger partial charge in [-0.05, 0) is 36.8 Å². The molecule has 2 amide bonds. The number of halogens is 1. The second-order valence-corrected chi connectivity index (χ2v) is 8.84. The van der Waals surface area contributed by atoms with E-state index < -0.39 is 5.97 Å². The van der Waals surface area contributed by atoms with Crippen LogP contribution >= 0.6 is 34.7 Å². The molecule has 0 aliphatic carbocycles. The number of carbonyl (C=O) groups excluding carboxylic acids is 3. The number of nitrogens with one attached hydrogen (secondary N) is 2. The molecule has 2 aromatic carbocycles. The van der Waals surface area contributed by atoms with Gasteiger partial charge in [0.25, 0.3) is 0 Å². The quantitative estimate of drug-likeness (QED) is 0.385. The largest absolute Gasteiger partial charge is 0.462 e. The molecular formula is C23H21ClN2O4S2. The number of thioether (sulfide) groups is 1. The van der Waals surface area contributed by atoms with E-state index in [2.05, 4.69) is 10.6 Å². The van der Waals surface area contributed by atoms with Crippen LogP contribution in [-0.4, -0.2) is 35.9 Å². The first-order chi connectivity index (χ1) is 15.5. The fourth-order valence-electron chi connectivity index (χ4n) is 2.82. The Bertz CT molecular complexity index is 1090. The van der Waals surface area contributed by atoms with E-state index in [1.54, 1.807) is 48.7 Å². The van der Waals surface area contributed by atoms with Gasteiger partial charge in [0.2, 0.25) is 11.8 Å². The molecule has 0 atom stereocenters. The third-order valence-corrected chi connectivity index (χ3v) is 6.28. The highest BCUT2D eigenvalue weighted by Crippen LogP contribution is 2.36. The average molecular weight is 489 g/mol. The third-order valence-electron chi connectivity index (χ3n) is 4.20. The van der Waals surface area contributed by atoms with Crippen molar-refractivity contribution in [2.45, 2.75) is 6.92 Å². The highest BCUT2D eigenvalue weighted by molar-refractivity contribution is 8.00. The third kappa shape index (κ3) is 6.59. The van der Waals surface area contributed by atoms with E-state index in [0.29, 0.717) is 26.8 Å². The van der Waals surface area contributed by atoms with Crippen LogP contribution in [0, 0.1) is 0 Å². The molecule has 0 spiro atoms. The molecule has 9 heteroatoms. The first-order valence-corrected chi connectivity index (χ1v) is 12.2. The van der Waals surface area contributed by atoms with Crippen molar-refractivity contribution < 1.29 is 19.1 Å². The maximum atomic E-state index is 12.6. The van der Waals surface area contributed by atoms with Crippen LogP contribution in [0.1, 0.15) is 17.3 Å². The summed E-state index contributed by atoms with van der Waals surface area (Å²) in [7, 11) is 0. The van der Waals surface area contributed by atoms with E-state index in [-0.39, 0.29) is 29.9 Å². The zero-order valence-electron chi connectivity index (χ0n) is 17.2.